The number of thiazole rings is 1. The van der Waals surface area contributed by atoms with Gasteiger partial charge in [-0.15, -0.1) is 11.3 Å². The molecule has 0 aliphatic heterocycles. The zero-order valence-electron chi connectivity index (χ0n) is 12.6. The van der Waals surface area contributed by atoms with E-state index in [-0.39, 0.29) is 5.91 Å². The molecule has 2 aromatic rings. The van der Waals surface area contributed by atoms with Crippen molar-refractivity contribution in [3.05, 3.63) is 39.8 Å². The van der Waals surface area contributed by atoms with Crippen molar-refractivity contribution >= 4 is 22.9 Å². The first kappa shape index (κ1) is 15.5. The van der Waals surface area contributed by atoms with Gasteiger partial charge in [-0.1, -0.05) is 6.07 Å². The van der Waals surface area contributed by atoms with Crippen LogP contribution in [-0.2, 0) is 6.54 Å². The fourth-order valence-corrected chi connectivity index (χ4v) is 2.97. The third-order valence-corrected chi connectivity index (χ3v) is 3.97. The van der Waals surface area contributed by atoms with Crippen LogP contribution in [0.5, 0.6) is 5.75 Å². The lowest BCUT2D eigenvalue weighted by molar-refractivity contribution is 0.103. The predicted molar refractivity (Wildman–Crippen MR) is 85.2 cm³/mol. The molecule has 0 aliphatic rings. The number of nitrogens with zero attached hydrogens (tertiary/aromatic N) is 2. The van der Waals surface area contributed by atoms with Crippen LogP contribution >= 0.6 is 11.3 Å². The van der Waals surface area contributed by atoms with E-state index in [2.05, 4.69) is 10.3 Å². The fourth-order valence-electron chi connectivity index (χ4n) is 1.89. The second-order valence-corrected chi connectivity index (χ2v) is 6.03. The Morgan fingerprint density at radius 1 is 1.43 bits per heavy atom. The average molecular weight is 305 g/mol. The molecule has 112 valence electrons. The van der Waals surface area contributed by atoms with Crippen molar-refractivity contribution < 1.29 is 9.53 Å². The lowest BCUT2D eigenvalue weighted by Gasteiger charge is -2.06. The van der Waals surface area contributed by atoms with Gasteiger partial charge in [-0.25, -0.2) is 4.98 Å². The molecule has 2 rings (SSSR count). The molecule has 0 unspecified atom stereocenters. The molecule has 6 heteroatoms. The van der Waals surface area contributed by atoms with Gasteiger partial charge in [0.15, 0.2) is 0 Å². The Balaban J connectivity index is 2.14. The number of aromatic nitrogens is 1. The van der Waals surface area contributed by atoms with Crippen LogP contribution in [0.4, 0.5) is 5.69 Å². The number of rotatable bonds is 5. The maximum Gasteiger partial charge on any atom is 0.267 e. The number of nitrogens with one attached hydrogen (secondary N) is 1. The van der Waals surface area contributed by atoms with Crippen molar-refractivity contribution in [2.24, 2.45) is 0 Å². The zero-order valence-corrected chi connectivity index (χ0v) is 13.5. The molecule has 1 amide bonds. The largest absolute Gasteiger partial charge is 0.497 e. The topological polar surface area (TPSA) is 54.5 Å². The number of benzene rings is 1. The number of carbonyl (C=O) groups is 1. The first-order valence-corrected chi connectivity index (χ1v) is 7.37. The maximum atomic E-state index is 12.3. The third-order valence-electron chi connectivity index (χ3n) is 2.83. The molecular formula is C15H19N3O2S. The summed E-state index contributed by atoms with van der Waals surface area (Å²) < 4.78 is 5.15. The number of hydrogen-bond acceptors (Lipinski definition) is 5. The highest BCUT2D eigenvalue weighted by Gasteiger charge is 2.16. The van der Waals surface area contributed by atoms with Crippen molar-refractivity contribution in [3.8, 4) is 5.75 Å². The number of hydrogen-bond donors (Lipinski definition) is 1. The molecule has 0 saturated carbocycles. The Bertz CT molecular complexity index is 638. The van der Waals surface area contributed by atoms with Crippen LogP contribution < -0.4 is 10.1 Å². The number of anilines is 1. The summed E-state index contributed by atoms with van der Waals surface area (Å²) in [6.07, 6.45) is 0. The minimum Gasteiger partial charge on any atom is -0.497 e. The monoisotopic (exact) mass is 305 g/mol. The van der Waals surface area contributed by atoms with Gasteiger partial charge in [0.1, 0.15) is 15.6 Å². The lowest BCUT2D eigenvalue weighted by atomic mass is 10.3. The summed E-state index contributed by atoms with van der Waals surface area (Å²) in [5, 5.41) is 3.82. The summed E-state index contributed by atoms with van der Waals surface area (Å²) in [6, 6.07) is 7.29. The standard InChI is InChI=1S/C15H19N3O2S/c1-10-14(21-13(16-10)9-18(2)3)15(19)17-11-6-5-7-12(8-11)20-4/h5-8H,9H2,1-4H3,(H,17,19). The molecule has 0 aliphatic carbocycles. The highest BCUT2D eigenvalue weighted by atomic mass is 32.1. The summed E-state index contributed by atoms with van der Waals surface area (Å²) in [5.41, 5.74) is 1.47. The molecule has 0 bridgehead atoms. The van der Waals surface area contributed by atoms with Gasteiger partial charge in [-0.3, -0.25) is 4.79 Å². The average Bonchev–Trinajstić information content (AvgIpc) is 2.79. The number of ether oxygens (including phenoxy) is 1. The molecule has 1 N–H and O–H groups in total. The van der Waals surface area contributed by atoms with Gasteiger partial charge in [-0.05, 0) is 33.2 Å². The zero-order chi connectivity index (χ0) is 15.4. The van der Waals surface area contributed by atoms with Gasteiger partial charge < -0.3 is 15.0 Å². The molecule has 1 aromatic heterocycles. The van der Waals surface area contributed by atoms with Crippen molar-refractivity contribution in [1.29, 1.82) is 0 Å². The number of amides is 1. The lowest BCUT2D eigenvalue weighted by Crippen LogP contribution is -2.11. The smallest absolute Gasteiger partial charge is 0.267 e. The molecule has 0 radical (unpaired) electrons. The van der Waals surface area contributed by atoms with Crippen LogP contribution in [0.25, 0.3) is 0 Å². The first-order chi connectivity index (χ1) is 9.99. The molecule has 1 aromatic carbocycles. The van der Waals surface area contributed by atoms with E-state index in [1.807, 2.05) is 44.1 Å². The van der Waals surface area contributed by atoms with E-state index in [1.54, 1.807) is 13.2 Å². The fraction of sp³-hybridized carbons (Fsp3) is 0.333. The summed E-state index contributed by atoms with van der Waals surface area (Å²) in [4.78, 5) is 19.5. The Labute approximate surface area is 128 Å². The Morgan fingerprint density at radius 2 is 2.19 bits per heavy atom. The number of aryl methyl sites for hydroxylation is 1. The van der Waals surface area contributed by atoms with Crippen LogP contribution in [-0.4, -0.2) is 37.0 Å². The van der Waals surface area contributed by atoms with E-state index < -0.39 is 0 Å². The van der Waals surface area contributed by atoms with E-state index in [1.165, 1.54) is 11.3 Å². The normalized spacial score (nSPS) is 10.7. The van der Waals surface area contributed by atoms with Crippen LogP contribution in [0.2, 0.25) is 0 Å². The molecular weight excluding hydrogens is 286 g/mol. The Hall–Kier alpha value is -1.92. The summed E-state index contributed by atoms with van der Waals surface area (Å²) in [5.74, 6) is 0.574. The van der Waals surface area contributed by atoms with Crippen molar-refractivity contribution in [3.63, 3.8) is 0 Å². The molecule has 0 spiro atoms. The highest BCUT2D eigenvalue weighted by molar-refractivity contribution is 7.13. The minimum absolute atomic E-state index is 0.136. The van der Waals surface area contributed by atoms with Gasteiger partial charge in [0.25, 0.3) is 5.91 Å². The van der Waals surface area contributed by atoms with Crippen LogP contribution in [0.3, 0.4) is 0 Å². The third kappa shape index (κ3) is 4.03. The second-order valence-electron chi connectivity index (χ2n) is 4.95. The highest BCUT2D eigenvalue weighted by Crippen LogP contribution is 2.22. The van der Waals surface area contributed by atoms with Crippen molar-refractivity contribution in [2.75, 3.05) is 26.5 Å². The first-order valence-electron chi connectivity index (χ1n) is 6.56. The summed E-state index contributed by atoms with van der Waals surface area (Å²) >= 11 is 1.43. The number of methoxy groups -OCH3 is 1. The molecule has 5 nitrogen and oxygen atoms in total. The summed E-state index contributed by atoms with van der Waals surface area (Å²) in [6.45, 7) is 2.59. The van der Waals surface area contributed by atoms with Crippen molar-refractivity contribution in [1.82, 2.24) is 9.88 Å². The molecule has 21 heavy (non-hydrogen) atoms. The van der Waals surface area contributed by atoms with E-state index in [0.717, 1.165) is 17.2 Å². The van der Waals surface area contributed by atoms with Gasteiger partial charge in [0.2, 0.25) is 0 Å². The minimum atomic E-state index is -0.136. The molecule has 0 fully saturated rings. The second kappa shape index (κ2) is 6.69. The van der Waals surface area contributed by atoms with Crippen LogP contribution in [0.1, 0.15) is 20.4 Å². The maximum absolute atomic E-state index is 12.3. The van der Waals surface area contributed by atoms with Crippen molar-refractivity contribution in [2.45, 2.75) is 13.5 Å². The predicted octanol–water partition coefficient (Wildman–Crippen LogP) is 2.77. The summed E-state index contributed by atoms with van der Waals surface area (Å²) in [7, 11) is 5.56. The molecule has 1 heterocycles. The SMILES string of the molecule is COc1cccc(NC(=O)c2sc(CN(C)C)nc2C)c1. The van der Waals surface area contributed by atoms with E-state index in [0.29, 0.717) is 16.3 Å². The Kier molecular flexibility index (Phi) is 4.93. The van der Waals surface area contributed by atoms with Crippen LogP contribution in [0, 0.1) is 6.92 Å². The molecule has 0 saturated heterocycles. The number of carbonyl (C=O) groups excluding carboxylic acids is 1. The van der Waals surface area contributed by atoms with Gasteiger partial charge in [0, 0.05) is 18.3 Å². The van der Waals surface area contributed by atoms with E-state index in [4.69, 9.17) is 4.74 Å². The van der Waals surface area contributed by atoms with Gasteiger partial charge in [-0.2, -0.15) is 0 Å². The molecule has 0 atom stereocenters. The van der Waals surface area contributed by atoms with Gasteiger partial charge in [0.05, 0.1) is 12.8 Å². The van der Waals surface area contributed by atoms with E-state index >= 15 is 0 Å². The van der Waals surface area contributed by atoms with E-state index in [9.17, 15) is 4.79 Å². The quantitative estimate of drug-likeness (QED) is 0.923. The van der Waals surface area contributed by atoms with Crippen LogP contribution in [0.15, 0.2) is 24.3 Å². The Morgan fingerprint density at radius 3 is 2.86 bits per heavy atom. The van der Waals surface area contributed by atoms with Gasteiger partial charge >= 0.3 is 0 Å².